The van der Waals surface area contributed by atoms with Gasteiger partial charge in [0.25, 0.3) is 0 Å². The number of benzene rings is 1. The Morgan fingerprint density at radius 1 is 1.26 bits per heavy atom. The van der Waals surface area contributed by atoms with Gasteiger partial charge >= 0.3 is 5.69 Å². The standard InChI is InChI=1S/C16H17N3O3S/c1-9-13(10(2)20)15(19-16(22)17-9)23-11(3)14(21)18-12-7-5-4-6-8-12/h4-8,11H,1-3H3,(H,18,21)(H,17,19,22)/t11-/m0/s1. The van der Waals surface area contributed by atoms with Gasteiger partial charge in [-0.15, -0.1) is 0 Å². The second kappa shape index (κ2) is 7.23. The lowest BCUT2D eigenvalue weighted by Gasteiger charge is -2.13. The molecule has 2 N–H and O–H groups in total. The molecular formula is C16H17N3O3S. The number of para-hydroxylation sites is 1. The molecule has 23 heavy (non-hydrogen) atoms. The molecule has 0 aliphatic carbocycles. The van der Waals surface area contributed by atoms with E-state index in [0.29, 0.717) is 16.9 Å². The Morgan fingerprint density at radius 3 is 2.52 bits per heavy atom. The Balaban J connectivity index is 2.20. The predicted octanol–water partition coefficient (Wildman–Crippen LogP) is 2.40. The van der Waals surface area contributed by atoms with Crippen molar-refractivity contribution in [1.82, 2.24) is 9.97 Å². The number of aromatic nitrogens is 2. The Labute approximate surface area is 137 Å². The van der Waals surface area contributed by atoms with Gasteiger partial charge in [0, 0.05) is 11.4 Å². The number of hydrogen-bond acceptors (Lipinski definition) is 5. The normalized spacial score (nSPS) is 11.8. The molecule has 2 aromatic rings. The van der Waals surface area contributed by atoms with Gasteiger partial charge in [0.2, 0.25) is 5.91 Å². The minimum atomic E-state index is -0.536. The maximum atomic E-state index is 12.2. The first-order valence-corrected chi connectivity index (χ1v) is 7.91. The van der Waals surface area contributed by atoms with Crippen molar-refractivity contribution in [2.45, 2.75) is 31.0 Å². The first-order valence-electron chi connectivity index (χ1n) is 7.03. The Hall–Kier alpha value is -2.41. The number of aryl methyl sites for hydroxylation is 1. The third-order valence-electron chi connectivity index (χ3n) is 3.14. The fourth-order valence-electron chi connectivity index (χ4n) is 2.05. The van der Waals surface area contributed by atoms with E-state index in [1.165, 1.54) is 6.92 Å². The molecule has 2 rings (SSSR count). The number of anilines is 1. The van der Waals surface area contributed by atoms with E-state index >= 15 is 0 Å². The molecule has 0 saturated heterocycles. The van der Waals surface area contributed by atoms with Crippen molar-refractivity contribution in [3.8, 4) is 0 Å². The lowest BCUT2D eigenvalue weighted by Crippen LogP contribution is -2.24. The zero-order valence-corrected chi connectivity index (χ0v) is 13.9. The number of nitrogens with one attached hydrogen (secondary N) is 2. The average molecular weight is 331 g/mol. The molecule has 6 nitrogen and oxygen atoms in total. The average Bonchev–Trinajstić information content (AvgIpc) is 2.46. The summed E-state index contributed by atoms with van der Waals surface area (Å²) in [7, 11) is 0. The second-order valence-electron chi connectivity index (χ2n) is 5.02. The van der Waals surface area contributed by atoms with E-state index in [1.54, 1.807) is 26.0 Å². The molecule has 0 unspecified atom stereocenters. The SMILES string of the molecule is CC(=O)c1c(S[C@@H](C)C(=O)Nc2ccccc2)nc(=O)[nH]c1C. The highest BCUT2D eigenvalue weighted by Gasteiger charge is 2.21. The molecule has 1 atom stereocenters. The van der Waals surface area contributed by atoms with Crippen LogP contribution in [0, 0.1) is 6.92 Å². The largest absolute Gasteiger partial charge is 0.346 e. The van der Waals surface area contributed by atoms with Crippen molar-refractivity contribution < 1.29 is 9.59 Å². The van der Waals surface area contributed by atoms with Crippen LogP contribution in [0.3, 0.4) is 0 Å². The predicted molar refractivity (Wildman–Crippen MR) is 90.0 cm³/mol. The van der Waals surface area contributed by atoms with Crippen LogP contribution in [0.25, 0.3) is 0 Å². The number of amides is 1. The summed E-state index contributed by atoms with van der Waals surface area (Å²) in [5.74, 6) is -0.431. The minimum absolute atomic E-state index is 0.204. The van der Waals surface area contributed by atoms with E-state index in [4.69, 9.17) is 0 Å². The van der Waals surface area contributed by atoms with Gasteiger partial charge in [-0.3, -0.25) is 9.59 Å². The van der Waals surface area contributed by atoms with E-state index in [-0.39, 0.29) is 16.7 Å². The lowest BCUT2D eigenvalue weighted by atomic mass is 10.2. The van der Waals surface area contributed by atoms with Crippen molar-refractivity contribution >= 4 is 29.1 Å². The van der Waals surface area contributed by atoms with Crippen LogP contribution in [0.1, 0.15) is 29.9 Å². The van der Waals surface area contributed by atoms with Crippen LogP contribution in [-0.4, -0.2) is 26.9 Å². The molecular weight excluding hydrogens is 314 g/mol. The van der Waals surface area contributed by atoms with Crippen molar-refractivity contribution in [3.05, 3.63) is 52.1 Å². The molecule has 0 bridgehead atoms. The number of thioether (sulfide) groups is 1. The van der Waals surface area contributed by atoms with Crippen LogP contribution >= 0.6 is 11.8 Å². The van der Waals surface area contributed by atoms with Gasteiger partial charge in [0.05, 0.1) is 10.8 Å². The molecule has 7 heteroatoms. The third kappa shape index (κ3) is 4.29. The van der Waals surface area contributed by atoms with Gasteiger partial charge in [0.1, 0.15) is 5.03 Å². The van der Waals surface area contributed by atoms with Crippen LogP contribution in [0.2, 0.25) is 0 Å². The first-order chi connectivity index (χ1) is 10.9. The summed E-state index contributed by atoms with van der Waals surface area (Å²) >= 11 is 1.09. The van der Waals surface area contributed by atoms with E-state index in [0.717, 1.165) is 11.8 Å². The Morgan fingerprint density at radius 2 is 1.91 bits per heavy atom. The van der Waals surface area contributed by atoms with Gasteiger partial charge in [-0.05, 0) is 32.9 Å². The highest BCUT2D eigenvalue weighted by Crippen LogP contribution is 2.26. The first kappa shape index (κ1) is 17.0. The quantitative estimate of drug-likeness (QED) is 0.499. The Bertz CT molecular complexity index is 787. The summed E-state index contributed by atoms with van der Waals surface area (Å²) in [5.41, 5.74) is 0.946. The van der Waals surface area contributed by atoms with Gasteiger partial charge in [0.15, 0.2) is 5.78 Å². The van der Waals surface area contributed by atoms with Gasteiger partial charge < -0.3 is 10.3 Å². The molecule has 0 spiro atoms. The summed E-state index contributed by atoms with van der Waals surface area (Å²) in [6.07, 6.45) is 0. The molecule has 0 radical (unpaired) electrons. The third-order valence-corrected chi connectivity index (χ3v) is 4.22. The van der Waals surface area contributed by atoms with Gasteiger partial charge in [-0.1, -0.05) is 30.0 Å². The Kier molecular flexibility index (Phi) is 5.33. The van der Waals surface area contributed by atoms with Crippen molar-refractivity contribution in [2.75, 3.05) is 5.32 Å². The number of nitrogens with zero attached hydrogens (tertiary/aromatic N) is 1. The maximum absolute atomic E-state index is 12.2. The van der Waals surface area contributed by atoms with E-state index < -0.39 is 10.9 Å². The van der Waals surface area contributed by atoms with E-state index in [1.807, 2.05) is 18.2 Å². The molecule has 1 aromatic heterocycles. The maximum Gasteiger partial charge on any atom is 0.346 e. The fourth-order valence-corrected chi connectivity index (χ4v) is 3.10. The smallest absolute Gasteiger partial charge is 0.325 e. The van der Waals surface area contributed by atoms with E-state index in [9.17, 15) is 14.4 Å². The number of carbonyl (C=O) groups is 2. The summed E-state index contributed by atoms with van der Waals surface area (Å²) < 4.78 is 0. The molecule has 0 fully saturated rings. The monoisotopic (exact) mass is 331 g/mol. The minimum Gasteiger partial charge on any atom is -0.325 e. The number of carbonyl (C=O) groups excluding carboxylic acids is 2. The summed E-state index contributed by atoms with van der Waals surface area (Å²) in [6, 6.07) is 9.07. The topological polar surface area (TPSA) is 91.9 Å². The van der Waals surface area contributed by atoms with Crippen LogP contribution in [0.5, 0.6) is 0 Å². The summed E-state index contributed by atoms with van der Waals surface area (Å²) in [4.78, 5) is 41.9. The molecule has 1 heterocycles. The summed E-state index contributed by atoms with van der Waals surface area (Å²) in [5, 5.41) is 2.54. The molecule has 120 valence electrons. The second-order valence-corrected chi connectivity index (χ2v) is 6.35. The summed E-state index contributed by atoms with van der Waals surface area (Å²) in [6.45, 7) is 4.74. The lowest BCUT2D eigenvalue weighted by molar-refractivity contribution is -0.115. The van der Waals surface area contributed by atoms with Crippen molar-refractivity contribution in [1.29, 1.82) is 0 Å². The number of aromatic amines is 1. The highest BCUT2D eigenvalue weighted by molar-refractivity contribution is 8.00. The number of ketones is 1. The molecule has 0 aliphatic rings. The van der Waals surface area contributed by atoms with E-state index in [2.05, 4.69) is 15.3 Å². The number of hydrogen-bond donors (Lipinski definition) is 2. The van der Waals surface area contributed by atoms with Crippen molar-refractivity contribution in [2.24, 2.45) is 0 Å². The molecule has 0 aliphatic heterocycles. The van der Waals surface area contributed by atoms with Crippen LogP contribution in [-0.2, 0) is 4.79 Å². The fraction of sp³-hybridized carbons (Fsp3) is 0.250. The highest BCUT2D eigenvalue weighted by atomic mass is 32.2. The molecule has 1 amide bonds. The zero-order chi connectivity index (χ0) is 17.0. The number of H-pyrrole nitrogens is 1. The zero-order valence-electron chi connectivity index (χ0n) is 13.0. The molecule has 0 saturated carbocycles. The number of Topliss-reactive ketones (excluding diaryl/α,β-unsaturated/α-hetero) is 1. The van der Waals surface area contributed by atoms with Crippen molar-refractivity contribution in [3.63, 3.8) is 0 Å². The number of rotatable bonds is 5. The molecule has 1 aromatic carbocycles. The van der Waals surface area contributed by atoms with Crippen LogP contribution < -0.4 is 11.0 Å². The van der Waals surface area contributed by atoms with Gasteiger partial charge in [-0.2, -0.15) is 4.98 Å². The van der Waals surface area contributed by atoms with Crippen LogP contribution in [0.15, 0.2) is 40.2 Å². The van der Waals surface area contributed by atoms with Crippen LogP contribution in [0.4, 0.5) is 5.69 Å². The van der Waals surface area contributed by atoms with Gasteiger partial charge in [-0.25, -0.2) is 4.79 Å².